The number of amides is 2. The fourth-order valence-electron chi connectivity index (χ4n) is 1.86. The first-order valence-corrected chi connectivity index (χ1v) is 4.99. The molecule has 0 N–H and O–H groups in total. The van der Waals surface area contributed by atoms with Gasteiger partial charge in [0, 0.05) is 19.6 Å². The summed E-state index contributed by atoms with van der Waals surface area (Å²) < 4.78 is 5.24. The Bertz CT molecular complexity index is 184. The van der Waals surface area contributed by atoms with Crippen molar-refractivity contribution in [3.8, 4) is 0 Å². The smallest absolute Gasteiger partial charge is 0.321 e. The standard InChI is InChI=1S/C9H16N2O2/c12-9(10-4-1-2-5-10)11-6-3-7-13-8-11/h1-8H2. The zero-order valence-corrected chi connectivity index (χ0v) is 7.87. The molecule has 2 amide bonds. The summed E-state index contributed by atoms with van der Waals surface area (Å²) in [5, 5.41) is 0. The minimum absolute atomic E-state index is 0.164. The molecule has 0 unspecified atom stereocenters. The van der Waals surface area contributed by atoms with Crippen LogP contribution >= 0.6 is 0 Å². The lowest BCUT2D eigenvalue weighted by molar-refractivity contribution is 0.00128. The number of nitrogens with zero attached hydrogens (tertiary/aromatic N) is 2. The molecule has 0 atom stereocenters. The van der Waals surface area contributed by atoms with Crippen molar-refractivity contribution in [1.82, 2.24) is 9.80 Å². The van der Waals surface area contributed by atoms with Crippen molar-refractivity contribution in [2.24, 2.45) is 0 Å². The molecule has 2 fully saturated rings. The summed E-state index contributed by atoms with van der Waals surface area (Å²) in [6.07, 6.45) is 3.28. The van der Waals surface area contributed by atoms with E-state index in [0.29, 0.717) is 6.73 Å². The lowest BCUT2D eigenvalue weighted by Crippen LogP contribution is -2.45. The monoisotopic (exact) mass is 184 g/mol. The van der Waals surface area contributed by atoms with E-state index < -0.39 is 0 Å². The van der Waals surface area contributed by atoms with Gasteiger partial charge >= 0.3 is 6.03 Å². The average Bonchev–Trinajstić information content (AvgIpc) is 2.71. The molecule has 2 aliphatic rings. The lowest BCUT2D eigenvalue weighted by atomic mass is 10.4. The first kappa shape index (κ1) is 8.81. The SMILES string of the molecule is O=C(N1CCCC1)N1CCCOC1. The Morgan fingerprint density at radius 3 is 2.31 bits per heavy atom. The molecule has 4 heteroatoms. The third kappa shape index (κ3) is 1.94. The number of likely N-dealkylation sites (tertiary alicyclic amines) is 1. The van der Waals surface area contributed by atoms with E-state index in [1.54, 1.807) is 4.90 Å². The van der Waals surface area contributed by atoms with E-state index in [0.717, 1.165) is 45.5 Å². The summed E-state index contributed by atoms with van der Waals surface area (Å²) in [5.74, 6) is 0. The topological polar surface area (TPSA) is 32.8 Å². The van der Waals surface area contributed by atoms with Gasteiger partial charge in [0.25, 0.3) is 0 Å². The highest BCUT2D eigenvalue weighted by molar-refractivity contribution is 5.74. The number of rotatable bonds is 0. The van der Waals surface area contributed by atoms with Gasteiger partial charge < -0.3 is 14.5 Å². The van der Waals surface area contributed by atoms with Crippen LogP contribution in [0.2, 0.25) is 0 Å². The summed E-state index contributed by atoms with van der Waals surface area (Å²) in [6.45, 7) is 3.99. The minimum atomic E-state index is 0.164. The van der Waals surface area contributed by atoms with Gasteiger partial charge in [-0.15, -0.1) is 0 Å². The van der Waals surface area contributed by atoms with Crippen molar-refractivity contribution in [2.45, 2.75) is 19.3 Å². The minimum Gasteiger partial charge on any atom is -0.361 e. The van der Waals surface area contributed by atoms with Crippen molar-refractivity contribution >= 4 is 6.03 Å². The fourth-order valence-corrected chi connectivity index (χ4v) is 1.86. The van der Waals surface area contributed by atoms with E-state index in [4.69, 9.17) is 4.74 Å². The van der Waals surface area contributed by atoms with Gasteiger partial charge in [-0.2, -0.15) is 0 Å². The van der Waals surface area contributed by atoms with Crippen molar-refractivity contribution in [3.63, 3.8) is 0 Å². The second kappa shape index (κ2) is 3.96. The molecule has 2 saturated heterocycles. The molecular formula is C9H16N2O2. The molecule has 2 aliphatic heterocycles. The molecule has 0 saturated carbocycles. The van der Waals surface area contributed by atoms with Crippen molar-refractivity contribution in [3.05, 3.63) is 0 Å². The van der Waals surface area contributed by atoms with E-state index in [1.807, 2.05) is 4.90 Å². The van der Waals surface area contributed by atoms with Crippen LogP contribution in [0, 0.1) is 0 Å². The van der Waals surface area contributed by atoms with Crippen LogP contribution in [0.25, 0.3) is 0 Å². The molecule has 0 bridgehead atoms. The predicted octanol–water partition coefficient (Wildman–Crippen LogP) is 0.882. The second-order valence-corrected chi connectivity index (χ2v) is 3.63. The van der Waals surface area contributed by atoms with Crippen LogP contribution in [-0.4, -0.2) is 48.8 Å². The lowest BCUT2D eigenvalue weighted by Gasteiger charge is -2.30. The van der Waals surface area contributed by atoms with Gasteiger partial charge in [-0.05, 0) is 19.3 Å². The highest BCUT2D eigenvalue weighted by Gasteiger charge is 2.24. The van der Waals surface area contributed by atoms with E-state index >= 15 is 0 Å². The molecule has 0 radical (unpaired) electrons. The highest BCUT2D eigenvalue weighted by atomic mass is 16.5. The van der Waals surface area contributed by atoms with E-state index in [2.05, 4.69) is 0 Å². The van der Waals surface area contributed by atoms with E-state index in [1.165, 1.54) is 0 Å². The zero-order valence-electron chi connectivity index (χ0n) is 7.87. The van der Waals surface area contributed by atoms with Crippen molar-refractivity contribution in [1.29, 1.82) is 0 Å². The predicted molar refractivity (Wildman–Crippen MR) is 48.3 cm³/mol. The number of urea groups is 1. The van der Waals surface area contributed by atoms with Crippen LogP contribution < -0.4 is 0 Å². The van der Waals surface area contributed by atoms with Crippen LogP contribution in [0.5, 0.6) is 0 Å². The molecule has 0 aromatic carbocycles. The van der Waals surface area contributed by atoms with Crippen molar-refractivity contribution < 1.29 is 9.53 Å². The van der Waals surface area contributed by atoms with E-state index in [9.17, 15) is 4.79 Å². The van der Waals surface area contributed by atoms with Gasteiger partial charge in [0.2, 0.25) is 0 Å². The molecule has 74 valence electrons. The Morgan fingerprint density at radius 1 is 1.00 bits per heavy atom. The van der Waals surface area contributed by atoms with Gasteiger partial charge in [0.1, 0.15) is 6.73 Å². The van der Waals surface area contributed by atoms with Crippen LogP contribution in [0.3, 0.4) is 0 Å². The zero-order chi connectivity index (χ0) is 9.10. The average molecular weight is 184 g/mol. The molecule has 4 nitrogen and oxygen atoms in total. The van der Waals surface area contributed by atoms with Crippen LogP contribution in [0.15, 0.2) is 0 Å². The number of hydrogen-bond donors (Lipinski definition) is 0. The third-order valence-corrected chi connectivity index (χ3v) is 2.61. The number of carbonyl (C=O) groups excluding carboxylic acids is 1. The third-order valence-electron chi connectivity index (χ3n) is 2.61. The molecule has 0 spiro atoms. The molecule has 0 aliphatic carbocycles. The molecular weight excluding hydrogens is 168 g/mol. The van der Waals surface area contributed by atoms with Gasteiger partial charge in [-0.3, -0.25) is 0 Å². The Morgan fingerprint density at radius 2 is 1.69 bits per heavy atom. The Hall–Kier alpha value is -0.770. The maximum atomic E-state index is 11.8. The summed E-state index contributed by atoms with van der Waals surface area (Å²) in [4.78, 5) is 15.5. The van der Waals surface area contributed by atoms with E-state index in [-0.39, 0.29) is 6.03 Å². The van der Waals surface area contributed by atoms with Crippen molar-refractivity contribution in [2.75, 3.05) is 33.0 Å². The van der Waals surface area contributed by atoms with Crippen LogP contribution in [0.1, 0.15) is 19.3 Å². The Kier molecular flexibility index (Phi) is 2.68. The van der Waals surface area contributed by atoms with Crippen LogP contribution in [0.4, 0.5) is 4.79 Å². The summed E-state index contributed by atoms with van der Waals surface area (Å²) >= 11 is 0. The Balaban J connectivity index is 1.87. The first-order valence-electron chi connectivity index (χ1n) is 4.99. The van der Waals surface area contributed by atoms with Gasteiger partial charge in [0.05, 0.1) is 6.61 Å². The summed E-state index contributed by atoms with van der Waals surface area (Å²) in [5.41, 5.74) is 0. The van der Waals surface area contributed by atoms with Gasteiger partial charge in [-0.25, -0.2) is 4.79 Å². The maximum Gasteiger partial charge on any atom is 0.321 e. The summed E-state index contributed by atoms with van der Waals surface area (Å²) in [6, 6.07) is 0.164. The normalized spacial score (nSPS) is 23.7. The summed E-state index contributed by atoms with van der Waals surface area (Å²) in [7, 11) is 0. The quantitative estimate of drug-likeness (QED) is 0.560. The molecule has 0 aromatic rings. The second-order valence-electron chi connectivity index (χ2n) is 3.63. The first-order chi connectivity index (χ1) is 6.38. The number of carbonyl (C=O) groups is 1. The number of hydrogen-bond acceptors (Lipinski definition) is 2. The molecule has 13 heavy (non-hydrogen) atoms. The fraction of sp³-hybridized carbons (Fsp3) is 0.889. The maximum absolute atomic E-state index is 11.8. The van der Waals surface area contributed by atoms with Gasteiger partial charge in [-0.1, -0.05) is 0 Å². The molecule has 2 heterocycles. The van der Waals surface area contributed by atoms with Gasteiger partial charge in [0.15, 0.2) is 0 Å². The number of ether oxygens (including phenoxy) is 1. The Labute approximate surface area is 78.4 Å². The highest BCUT2D eigenvalue weighted by Crippen LogP contribution is 2.12. The largest absolute Gasteiger partial charge is 0.361 e. The molecule has 2 rings (SSSR count). The molecule has 0 aromatic heterocycles. The van der Waals surface area contributed by atoms with Crippen LogP contribution in [-0.2, 0) is 4.74 Å².